The van der Waals surface area contributed by atoms with E-state index in [0.717, 1.165) is 6.42 Å². The summed E-state index contributed by atoms with van der Waals surface area (Å²) in [5.41, 5.74) is 0. The van der Waals surface area contributed by atoms with Crippen LogP contribution in [0.2, 0.25) is 0 Å². The summed E-state index contributed by atoms with van der Waals surface area (Å²) < 4.78 is 12.7. The van der Waals surface area contributed by atoms with Crippen molar-refractivity contribution < 1.29 is 4.39 Å². The molecule has 2 heteroatoms. The maximum Gasteiger partial charge on any atom is 0.110 e. The van der Waals surface area contributed by atoms with Crippen LogP contribution in [0.3, 0.4) is 0 Å². The van der Waals surface area contributed by atoms with Crippen LogP contribution >= 0.6 is 15.9 Å². The molecule has 0 saturated heterocycles. The molecule has 0 aliphatic heterocycles. The molecule has 60 valence electrons. The van der Waals surface area contributed by atoms with E-state index in [9.17, 15) is 4.39 Å². The van der Waals surface area contributed by atoms with Crippen LogP contribution in [0.5, 0.6) is 0 Å². The molecule has 0 unspecified atom stereocenters. The van der Waals surface area contributed by atoms with Crippen molar-refractivity contribution in [3.05, 3.63) is 0 Å². The van der Waals surface area contributed by atoms with Crippen molar-refractivity contribution in [2.24, 2.45) is 5.92 Å². The predicted octanol–water partition coefficient (Wildman–Crippen LogP) is 3.30. The minimum atomic E-state index is -0.608. The van der Waals surface area contributed by atoms with Crippen molar-refractivity contribution in [3.8, 4) is 0 Å². The van der Waals surface area contributed by atoms with E-state index in [0.29, 0.717) is 11.2 Å². The zero-order valence-corrected chi connectivity index (χ0v) is 7.74. The largest absolute Gasteiger partial charge is 0.247 e. The smallest absolute Gasteiger partial charge is 0.110 e. The molecule has 0 spiro atoms. The molecule has 0 N–H and O–H groups in total. The van der Waals surface area contributed by atoms with Crippen molar-refractivity contribution in [2.45, 2.75) is 38.3 Å². The topological polar surface area (TPSA) is 0 Å². The summed E-state index contributed by atoms with van der Waals surface area (Å²) in [6, 6.07) is 0. The van der Waals surface area contributed by atoms with Crippen molar-refractivity contribution in [1.29, 1.82) is 0 Å². The Labute approximate surface area is 70.3 Å². The number of alkyl halides is 2. The molecule has 0 aromatic rings. The van der Waals surface area contributed by atoms with Gasteiger partial charge < -0.3 is 0 Å². The Morgan fingerprint density at radius 1 is 1.40 bits per heavy atom. The van der Waals surface area contributed by atoms with Crippen LogP contribution < -0.4 is 0 Å². The van der Waals surface area contributed by atoms with Gasteiger partial charge in [-0.1, -0.05) is 41.6 Å². The first-order valence-corrected chi connectivity index (χ1v) is 5.15. The Hall–Kier alpha value is 0.410. The number of halogens is 2. The molecule has 1 fully saturated rings. The predicted molar refractivity (Wildman–Crippen MR) is 45.3 cm³/mol. The second-order valence-corrected chi connectivity index (χ2v) is 3.79. The van der Waals surface area contributed by atoms with Gasteiger partial charge in [0.25, 0.3) is 0 Å². The minimum Gasteiger partial charge on any atom is -0.247 e. The van der Waals surface area contributed by atoms with Crippen LogP contribution in [-0.2, 0) is 0 Å². The Morgan fingerprint density at radius 2 is 2.00 bits per heavy atom. The van der Waals surface area contributed by atoms with Crippen molar-refractivity contribution >= 4 is 15.9 Å². The molecule has 0 aromatic heterocycles. The van der Waals surface area contributed by atoms with Gasteiger partial charge in [-0.25, -0.2) is 4.39 Å². The molecule has 1 saturated carbocycles. The second-order valence-electron chi connectivity index (χ2n) is 3.14. The van der Waals surface area contributed by atoms with E-state index in [1.54, 1.807) is 0 Å². The van der Waals surface area contributed by atoms with Gasteiger partial charge in [0.05, 0.1) is 0 Å². The third-order valence-electron chi connectivity index (χ3n) is 2.23. The van der Waals surface area contributed by atoms with Crippen LogP contribution in [0.1, 0.15) is 32.1 Å². The molecule has 0 radical (unpaired) electrons. The molecule has 0 heterocycles. The standard InChI is InChI=1S/C8H14BrF/c9-6-8(10)5-7-3-1-2-4-7/h7-8H,1-6H2/t8-/m0/s1. The molecule has 0 nitrogen and oxygen atoms in total. The third kappa shape index (κ3) is 2.57. The normalized spacial score (nSPS) is 23.4. The summed E-state index contributed by atoms with van der Waals surface area (Å²) in [6.45, 7) is 0. The fourth-order valence-electron chi connectivity index (χ4n) is 1.67. The Bertz CT molecular complexity index is 89.3. The molecule has 1 atom stereocenters. The highest BCUT2D eigenvalue weighted by atomic mass is 79.9. The van der Waals surface area contributed by atoms with Crippen molar-refractivity contribution in [2.75, 3.05) is 5.33 Å². The van der Waals surface area contributed by atoms with E-state index in [2.05, 4.69) is 15.9 Å². The second kappa shape index (κ2) is 4.32. The number of hydrogen-bond donors (Lipinski definition) is 0. The van der Waals surface area contributed by atoms with Crippen molar-refractivity contribution in [1.82, 2.24) is 0 Å². The van der Waals surface area contributed by atoms with E-state index in [1.807, 2.05) is 0 Å². The summed E-state index contributed by atoms with van der Waals surface area (Å²) in [4.78, 5) is 0. The fourth-order valence-corrected chi connectivity index (χ4v) is 1.94. The van der Waals surface area contributed by atoms with Gasteiger partial charge in [-0.2, -0.15) is 0 Å². The van der Waals surface area contributed by atoms with Gasteiger partial charge in [0.2, 0.25) is 0 Å². The average molecular weight is 209 g/mol. The molecule has 10 heavy (non-hydrogen) atoms. The summed E-state index contributed by atoms with van der Waals surface area (Å²) in [6.07, 6.45) is 5.33. The Balaban J connectivity index is 2.11. The molecule has 1 rings (SSSR count). The number of hydrogen-bond acceptors (Lipinski definition) is 0. The zero-order valence-electron chi connectivity index (χ0n) is 6.15. The summed E-state index contributed by atoms with van der Waals surface area (Å²) in [5.74, 6) is 0.688. The van der Waals surface area contributed by atoms with Gasteiger partial charge in [-0.05, 0) is 12.3 Å². The molecule has 0 aromatic carbocycles. The van der Waals surface area contributed by atoms with Gasteiger partial charge in [0.15, 0.2) is 0 Å². The molecule has 1 aliphatic carbocycles. The van der Waals surface area contributed by atoms with E-state index >= 15 is 0 Å². The van der Waals surface area contributed by atoms with Crippen LogP contribution in [-0.4, -0.2) is 11.5 Å². The highest BCUT2D eigenvalue weighted by Crippen LogP contribution is 2.29. The molecule has 0 amide bonds. The Morgan fingerprint density at radius 3 is 2.50 bits per heavy atom. The number of rotatable bonds is 3. The van der Waals surface area contributed by atoms with Gasteiger partial charge in [-0.3, -0.25) is 0 Å². The van der Waals surface area contributed by atoms with Gasteiger partial charge in [0, 0.05) is 5.33 Å². The van der Waals surface area contributed by atoms with Gasteiger partial charge in [0.1, 0.15) is 6.17 Å². The lowest BCUT2D eigenvalue weighted by Crippen LogP contribution is -2.07. The van der Waals surface area contributed by atoms with E-state index in [-0.39, 0.29) is 0 Å². The summed E-state index contributed by atoms with van der Waals surface area (Å²) in [7, 11) is 0. The minimum absolute atomic E-state index is 0.517. The first-order chi connectivity index (χ1) is 4.83. The van der Waals surface area contributed by atoms with Crippen LogP contribution in [0.25, 0.3) is 0 Å². The van der Waals surface area contributed by atoms with Gasteiger partial charge in [-0.15, -0.1) is 0 Å². The quantitative estimate of drug-likeness (QED) is 0.625. The van der Waals surface area contributed by atoms with Crippen LogP contribution in [0, 0.1) is 5.92 Å². The highest BCUT2D eigenvalue weighted by Gasteiger charge is 2.18. The van der Waals surface area contributed by atoms with Crippen molar-refractivity contribution in [3.63, 3.8) is 0 Å². The SMILES string of the molecule is F[C@H](CBr)CC1CCCC1. The summed E-state index contributed by atoms with van der Waals surface area (Å²) in [5, 5.41) is 0.517. The monoisotopic (exact) mass is 208 g/mol. The zero-order chi connectivity index (χ0) is 7.40. The molecular formula is C8H14BrF. The summed E-state index contributed by atoms with van der Waals surface area (Å²) >= 11 is 3.15. The van der Waals surface area contributed by atoms with Gasteiger partial charge >= 0.3 is 0 Å². The first kappa shape index (κ1) is 8.51. The maximum atomic E-state index is 12.7. The molecule has 0 bridgehead atoms. The average Bonchev–Trinajstić information content (AvgIpc) is 2.40. The highest BCUT2D eigenvalue weighted by molar-refractivity contribution is 9.09. The van der Waals surface area contributed by atoms with E-state index in [1.165, 1.54) is 25.7 Å². The molecule has 1 aliphatic rings. The fraction of sp³-hybridized carbons (Fsp3) is 1.00. The lowest BCUT2D eigenvalue weighted by atomic mass is 10.0. The first-order valence-electron chi connectivity index (χ1n) is 4.03. The lowest BCUT2D eigenvalue weighted by Gasteiger charge is -2.09. The Kier molecular flexibility index (Phi) is 3.68. The third-order valence-corrected chi connectivity index (χ3v) is 2.93. The van der Waals surface area contributed by atoms with E-state index in [4.69, 9.17) is 0 Å². The maximum absolute atomic E-state index is 12.7. The molecular weight excluding hydrogens is 195 g/mol. The van der Waals surface area contributed by atoms with Crippen LogP contribution in [0.4, 0.5) is 4.39 Å². The lowest BCUT2D eigenvalue weighted by molar-refractivity contribution is 0.296. The van der Waals surface area contributed by atoms with E-state index < -0.39 is 6.17 Å². The van der Waals surface area contributed by atoms with Crippen LogP contribution in [0.15, 0.2) is 0 Å².